The van der Waals surface area contributed by atoms with Crippen molar-refractivity contribution < 1.29 is 19.0 Å². The number of nitrogens with one attached hydrogen (secondary N) is 1. The van der Waals surface area contributed by atoms with Gasteiger partial charge in [-0.25, -0.2) is 4.79 Å². The molecule has 1 aliphatic carbocycles. The Morgan fingerprint density at radius 1 is 1.06 bits per heavy atom. The van der Waals surface area contributed by atoms with Crippen LogP contribution in [0.15, 0.2) is 42.5 Å². The van der Waals surface area contributed by atoms with Gasteiger partial charge in [0.05, 0.1) is 12.6 Å². The zero-order valence-corrected chi connectivity index (χ0v) is 19.4. The number of ether oxygens (including phenoxy) is 3. The Balaban J connectivity index is 1.25. The van der Waals surface area contributed by atoms with Gasteiger partial charge in [0.2, 0.25) is 0 Å². The molecule has 6 heteroatoms. The zero-order chi connectivity index (χ0) is 22.6. The number of alkyl carbamates (subject to hydrolysis) is 1. The third-order valence-corrected chi connectivity index (χ3v) is 7.33. The van der Waals surface area contributed by atoms with Gasteiger partial charge in [-0.2, -0.15) is 0 Å². The molecule has 3 fully saturated rings. The Labute approximate surface area is 196 Å². The van der Waals surface area contributed by atoms with E-state index in [0.717, 1.165) is 63.1 Å². The van der Waals surface area contributed by atoms with Crippen molar-refractivity contribution in [1.29, 1.82) is 0 Å². The molecule has 6 nitrogen and oxygen atoms in total. The molecule has 0 saturated carbocycles. The van der Waals surface area contributed by atoms with Gasteiger partial charge < -0.3 is 19.5 Å². The smallest absolute Gasteiger partial charge is 0.407 e. The molecule has 3 aliphatic heterocycles. The summed E-state index contributed by atoms with van der Waals surface area (Å²) in [5.41, 5.74) is 4.81. The molecule has 6 rings (SSSR count). The number of methoxy groups -OCH3 is 1. The number of aryl methyl sites for hydroxylation is 1. The molecule has 2 aromatic carbocycles. The van der Waals surface area contributed by atoms with Gasteiger partial charge in [0.25, 0.3) is 0 Å². The minimum absolute atomic E-state index is 0.0140. The molecule has 3 saturated heterocycles. The summed E-state index contributed by atoms with van der Waals surface area (Å²) in [6.45, 7) is 4.28. The summed E-state index contributed by atoms with van der Waals surface area (Å²) in [5.74, 6) is 1.37. The van der Waals surface area contributed by atoms with Crippen LogP contribution in [0, 0.1) is 5.92 Å². The predicted molar refractivity (Wildman–Crippen MR) is 127 cm³/mol. The summed E-state index contributed by atoms with van der Waals surface area (Å²) in [6.07, 6.45) is 5.09. The van der Waals surface area contributed by atoms with E-state index in [-0.39, 0.29) is 18.2 Å². The van der Waals surface area contributed by atoms with E-state index in [1.54, 1.807) is 7.11 Å². The molecule has 33 heavy (non-hydrogen) atoms. The molecular weight excluding hydrogens is 416 g/mol. The molecule has 3 heterocycles. The lowest BCUT2D eigenvalue weighted by molar-refractivity contribution is -0.0340. The highest BCUT2D eigenvalue weighted by molar-refractivity contribution is 5.70. The van der Waals surface area contributed by atoms with Crippen LogP contribution in [-0.4, -0.2) is 57.1 Å². The van der Waals surface area contributed by atoms with E-state index in [2.05, 4.69) is 40.5 Å². The lowest BCUT2D eigenvalue weighted by Gasteiger charge is -2.44. The molecule has 1 N–H and O–H groups in total. The molecule has 4 aliphatic rings. The van der Waals surface area contributed by atoms with Crippen molar-refractivity contribution in [1.82, 2.24) is 10.2 Å². The first-order chi connectivity index (χ1) is 16.2. The number of nitrogens with zero attached hydrogens (tertiary/aromatic N) is 1. The number of amides is 1. The average Bonchev–Trinajstić information content (AvgIpc) is 2.85. The number of benzene rings is 2. The van der Waals surface area contributed by atoms with E-state index >= 15 is 0 Å². The van der Waals surface area contributed by atoms with Crippen molar-refractivity contribution >= 4 is 6.09 Å². The van der Waals surface area contributed by atoms with E-state index in [9.17, 15) is 4.79 Å². The number of hydrogen-bond donors (Lipinski definition) is 1. The molecule has 2 bridgehead atoms. The van der Waals surface area contributed by atoms with Crippen LogP contribution >= 0.6 is 0 Å². The quantitative estimate of drug-likeness (QED) is 0.626. The molecule has 1 unspecified atom stereocenters. The van der Waals surface area contributed by atoms with Gasteiger partial charge in [-0.1, -0.05) is 30.3 Å². The van der Waals surface area contributed by atoms with Crippen LogP contribution in [0.2, 0.25) is 0 Å². The number of fused-ring (bicyclic) bond motifs is 4. The van der Waals surface area contributed by atoms with Crippen LogP contribution in [-0.2, 0) is 15.9 Å². The fourth-order valence-corrected chi connectivity index (χ4v) is 5.51. The molecule has 2 aromatic rings. The highest BCUT2D eigenvalue weighted by Gasteiger charge is 2.37. The van der Waals surface area contributed by atoms with Gasteiger partial charge in [0.15, 0.2) is 0 Å². The van der Waals surface area contributed by atoms with Gasteiger partial charge in [-0.05, 0) is 85.5 Å². The lowest BCUT2D eigenvalue weighted by Crippen LogP contribution is -2.52. The molecule has 0 radical (unpaired) electrons. The lowest BCUT2D eigenvalue weighted by atomic mass is 9.85. The first-order valence-corrected chi connectivity index (χ1v) is 12.2. The molecule has 176 valence electrons. The van der Waals surface area contributed by atoms with Crippen LogP contribution in [0.4, 0.5) is 4.79 Å². The fraction of sp³-hybridized carbons (Fsp3) is 0.519. The first kappa shape index (κ1) is 22.2. The van der Waals surface area contributed by atoms with Gasteiger partial charge in [-0.3, -0.25) is 4.90 Å². The number of rotatable bonds is 7. The summed E-state index contributed by atoms with van der Waals surface area (Å²) >= 11 is 0. The van der Waals surface area contributed by atoms with Crippen LogP contribution in [0.3, 0.4) is 0 Å². The largest absolute Gasteiger partial charge is 0.491 e. The summed E-state index contributed by atoms with van der Waals surface area (Å²) < 4.78 is 16.7. The second-order valence-electron chi connectivity index (χ2n) is 9.45. The number of hydrogen-bond acceptors (Lipinski definition) is 5. The minimum Gasteiger partial charge on any atom is -0.491 e. The second-order valence-corrected chi connectivity index (χ2v) is 9.45. The summed E-state index contributed by atoms with van der Waals surface area (Å²) in [7, 11) is 1.67. The van der Waals surface area contributed by atoms with E-state index in [1.165, 1.54) is 16.7 Å². The maximum Gasteiger partial charge on any atom is 0.407 e. The van der Waals surface area contributed by atoms with Gasteiger partial charge >= 0.3 is 6.09 Å². The van der Waals surface area contributed by atoms with E-state index in [0.29, 0.717) is 19.1 Å². The Morgan fingerprint density at radius 2 is 1.91 bits per heavy atom. The second kappa shape index (κ2) is 10.1. The highest BCUT2D eigenvalue weighted by atomic mass is 16.6. The van der Waals surface area contributed by atoms with Gasteiger partial charge in [0.1, 0.15) is 18.5 Å². The molecule has 0 aromatic heterocycles. The fourth-order valence-electron chi connectivity index (χ4n) is 5.51. The topological polar surface area (TPSA) is 60.0 Å². The maximum absolute atomic E-state index is 12.7. The average molecular weight is 451 g/mol. The van der Waals surface area contributed by atoms with Crippen molar-refractivity contribution in [2.45, 2.75) is 44.2 Å². The Kier molecular flexibility index (Phi) is 6.83. The Morgan fingerprint density at radius 3 is 2.70 bits per heavy atom. The van der Waals surface area contributed by atoms with Crippen molar-refractivity contribution in [3.05, 3.63) is 53.6 Å². The molecule has 0 spiro atoms. The SMILES string of the molecule is COCCOc1cccc(-c2ccc3c(c2)CCCC3NC(=O)O[C@@H]2CN3CCC2CC3)c1. The molecule has 2 atom stereocenters. The molecular formula is C27H34N2O4. The van der Waals surface area contributed by atoms with Crippen LogP contribution in [0.5, 0.6) is 5.75 Å². The van der Waals surface area contributed by atoms with Crippen molar-refractivity contribution in [3.8, 4) is 16.9 Å². The standard InChI is InChI=1S/C27H34N2O4/c1-31-14-15-32-23-6-2-4-20(17-23)21-8-9-24-22(16-21)5-3-7-25(24)28-27(30)33-26-18-29-12-10-19(26)11-13-29/h2,4,6,8-9,16-17,19,25-26H,3,5,7,10-15,18H2,1H3,(H,28,30)/t25?,26-/m1/s1. The summed E-state index contributed by atoms with van der Waals surface area (Å²) in [6, 6.07) is 14.8. The van der Waals surface area contributed by atoms with E-state index in [1.807, 2.05) is 12.1 Å². The normalized spacial score (nSPS) is 25.8. The van der Waals surface area contributed by atoms with Crippen molar-refractivity contribution in [2.75, 3.05) is 40.0 Å². The van der Waals surface area contributed by atoms with Gasteiger partial charge in [0, 0.05) is 13.7 Å². The highest BCUT2D eigenvalue weighted by Crippen LogP contribution is 2.34. The van der Waals surface area contributed by atoms with Crippen LogP contribution in [0.1, 0.15) is 42.9 Å². The third kappa shape index (κ3) is 5.17. The van der Waals surface area contributed by atoms with Crippen LogP contribution in [0.25, 0.3) is 11.1 Å². The third-order valence-electron chi connectivity index (χ3n) is 7.33. The van der Waals surface area contributed by atoms with Gasteiger partial charge in [-0.15, -0.1) is 0 Å². The Bertz CT molecular complexity index is 970. The first-order valence-electron chi connectivity index (χ1n) is 12.2. The maximum atomic E-state index is 12.7. The minimum atomic E-state index is -0.267. The number of carbonyl (C=O) groups is 1. The zero-order valence-electron chi connectivity index (χ0n) is 19.4. The number of piperidine rings is 3. The van der Waals surface area contributed by atoms with Crippen LogP contribution < -0.4 is 10.1 Å². The van der Waals surface area contributed by atoms with Crippen molar-refractivity contribution in [3.63, 3.8) is 0 Å². The predicted octanol–water partition coefficient (Wildman–Crippen LogP) is 4.58. The monoisotopic (exact) mass is 450 g/mol. The summed E-state index contributed by atoms with van der Waals surface area (Å²) in [4.78, 5) is 15.1. The summed E-state index contributed by atoms with van der Waals surface area (Å²) in [5, 5.41) is 3.17. The number of carbonyl (C=O) groups excluding carboxylic acids is 1. The van der Waals surface area contributed by atoms with E-state index < -0.39 is 0 Å². The van der Waals surface area contributed by atoms with E-state index in [4.69, 9.17) is 14.2 Å². The Hall–Kier alpha value is -2.57. The molecule has 1 amide bonds. The van der Waals surface area contributed by atoms with Crippen molar-refractivity contribution in [2.24, 2.45) is 5.92 Å².